The second-order valence-electron chi connectivity index (χ2n) is 32.0. The first-order valence-corrected chi connectivity index (χ1v) is 43.5. The first-order chi connectivity index (χ1) is 49.8. The molecule has 7 aromatic rings. The van der Waals surface area contributed by atoms with Gasteiger partial charge in [0.05, 0.1) is 0 Å². The van der Waals surface area contributed by atoms with Crippen molar-refractivity contribution < 1.29 is 0 Å². The second-order valence-corrected chi connectivity index (χ2v) is 32.0. The number of unbranched alkanes of at least 4 members (excludes halogenated alkanes) is 24. The summed E-state index contributed by atoms with van der Waals surface area (Å²) >= 11 is 0. The highest BCUT2D eigenvalue weighted by atomic mass is 14.2. The van der Waals surface area contributed by atoms with Gasteiger partial charge in [-0.3, -0.25) is 0 Å². The van der Waals surface area contributed by atoms with Crippen molar-refractivity contribution in [3.05, 3.63) is 244 Å². The zero-order valence-corrected chi connectivity index (χ0v) is 66.4. The maximum absolute atomic E-state index is 2.45. The lowest BCUT2D eigenvalue weighted by atomic mass is 9.86. The molecule has 0 aliphatic heterocycles. The Kier molecular flexibility index (Phi) is 39.0. The topological polar surface area (TPSA) is 0 Å². The van der Waals surface area contributed by atoms with E-state index in [1.807, 2.05) is 0 Å². The molecular weight excluding hydrogens is 1210 g/mol. The van der Waals surface area contributed by atoms with Crippen LogP contribution in [0.5, 0.6) is 0 Å². The maximum Gasteiger partial charge on any atom is -0.0235 e. The van der Waals surface area contributed by atoms with Crippen LogP contribution in [0.3, 0.4) is 0 Å². The molecule has 0 heteroatoms. The lowest BCUT2D eigenvalue weighted by Crippen LogP contribution is -2.08. The molecule has 0 nitrogen and oxygen atoms in total. The molecule has 0 bridgehead atoms. The van der Waals surface area contributed by atoms with E-state index in [-0.39, 0.29) is 0 Å². The molecule has 101 heavy (non-hydrogen) atoms. The highest BCUT2D eigenvalue weighted by molar-refractivity contribution is 5.43. The second kappa shape index (κ2) is 48.5. The molecule has 7 aromatic carbocycles. The molecule has 0 atom stereocenters. The van der Waals surface area contributed by atoms with Gasteiger partial charge in [0.25, 0.3) is 0 Å². The van der Waals surface area contributed by atoms with Crippen LogP contribution < -0.4 is 0 Å². The molecule has 0 N–H and O–H groups in total. The van der Waals surface area contributed by atoms with Crippen molar-refractivity contribution in [2.24, 2.45) is 0 Å². The van der Waals surface area contributed by atoms with Gasteiger partial charge in [-0.05, 0) is 290 Å². The van der Waals surface area contributed by atoms with Crippen molar-refractivity contribution in [3.63, 3.8) is 0 Å². The summed E-state index contributed by atoms with van der Waals surface area (Å²) in [4.78, 5) is 0. The third-order valence-electron chi connectivity index (χ3n) is 23.5. The van der Waals surface area contributed by atoms with Crippen LogP contribution in [0.2, 0.25) is 0 Å². The fraction of sp³-hybridized carbons (Fsp3) is 0.584. The fourth-order valence-corrected chi connectivity index (χ4v) is 15.7. The Labute approximate surface area is 622 Å². The molecule has 14 rings (SSSR count). The largest absolute Gasteiger partial charge is 0.0654 e. The number of hydrogen-bond donors (Lipinski definition) is 0. The third kappa shape index (κ3) is 29.5. The standard InChI is InChI=1S/C19H30.C17H26.C15H22.C14H20.C13H18.C12H16.C11H14/c1-2-3-4-5-6-7-8-9-10-11-17-12-13-18-14-15-19(18)16-17;1-2-3-4-5-6-7-8-9-15-10-11-16-12-13-17(16)14-15;1-2-3-4-5-6-7-13-8-9-14-10-11-15(14)12-13;1-2-3-4-5-6-12-7-8-13-9-10-14(13)11-12;1-2-3-4-5-11-6-7-12-8-9-13(12)10-11;1-2-3-4-10-5-6-11-7-8-12(11)9-10;1-2-3-9-4-5-10-6-7-11(10)8-9/h12-13,16H,2-11,14-15H2,1H3;10-11,14H,2-9,12-13H2,1H3;8-9,12H,2-7,10-11H2,1H3;7-8,11H,2-6,9-10H2,1H3;6-7,10H,2-5,8-9H2,1H3;5-6,9H,2-4,7-8H2,1H3;4-5,8H,2-3,6-7H2,1H3. The van der Waals surface area contributed by atoms with Gasteiger partial charge >= 0.3 is 0 Å². The lowest BCUT2D eigenvalue weighted by molar-refractivity contribution is 0.564. The summed E-state index contributed by atoms with van der Waals surface area (Å²) in [5, 5.41) is 0. The van der Waals surface area contributed by atoms with E-state index in [0.29, 0.717) is 0 Å². The van der Waals surface area contributed by atoms with Crippen LogP contribution in [0.15, 0.2) is 127 Å². The maximum atomic E-state index is 2.45. The summed E-state index contributed by atoms with van der Waals surface area (Å²) in [6, 6.07) is 49.4. The Morgan fingerprint density at radius 2 is 0.287 bits per heavy atom. The Balaban J connectivity index is 0.000000151. The van der Waals surface area contributed by atoms with Gasteiger partial charge in [-0.2, -0.15) is 0 Å². The summed E-state index contributed by atoms with van der Waals surface area (Å²) in [7, 11) is 0. The van der Waals surface area contributed by atoms with Gasteiger partial charge in [-0.1, -0.05) is 336 Å². The van der Waals surface area contributed by atoms with E-state index in [0.717, 1.165) is 0 Å². The Morgan fingerprint density at radius 3 is 0.465 bits per heavy atom. The first-order valence-electron chi connectivity index (χ1n) is 43.5. The average Bonchev–Trinajstić information content (AvgIpc) is 0.883. The number of benzene rings is 7. The smallest absolute Gasteiger partial charge is 0.0235 e. The summed E-state index contributed by atoms with van der Waals surface area (Å²) in [5.41, 5.74) is 33.2. The van der Waals surface area contributed by atoms with E-state index in [1.165, 1.54) is 345 Å². The van der Waals surface area contributed by atoms with Gasteiger partial charge in [0.2, 0.25) is 0 Å². The van der Waals surface area contributed by atoms with E-state index in [9.17, 15) is 0 Å². The molecule has 0 spiro atoms. The fourth-order valence-electron chi connectivity index (χ4n) is 15.7. The SMILES string of the molecule is CCCCCCCCCCCc1ccc2c(c1)CC2.CCCCCCCCCc1ccc2c(c1)CC2.CCCCCCCc1ccc2c(c1)CC2.CCCCCCc1ccc2c(c1)CC2.CCCCCc1ccc2c(c1)CC2.CCCCc1ccc2c(c1)CC2.CCCc1ccc2c(c1)CC2. The van der Waals surface area contributed by atoms with E-state index in [1.54, 1.807) is 106 Å². The van der Waals surface area contributed by atoms with Gasteiger partial charge in [0, 0.05) is 0 Å². The molecule has 0 saturated heterocycles. The van der Waals surface area contributed by atoms with Crippen LogP contribution in [0.4, 0.5) is 0 Å². The van der Waals surface area contributed by atoms with Crippen LogP contribution in [0.1, 0.15) is 364 Å². The van der Waals surface area contributed by atoms with Crippen LogP contribution in [0.25, 0.3) is 0 Å². The van der Waals surface area contributed by atoms with Crippen LogP contribution in [0, 0.1) is 0 Å². The highest BCUT2D eigenvalue weighted by Gasteiger charge is 2.18. The summed E-state index contributed by atoms with van der Waals surface area (Å²) < 4.78 is 0. The number of aryl methyl sites for hydroxylation is 21. The molecule has 0 radical (unpaired) electrons. The third-order valence-corrected chi connectivity index (χ3v) is 23.5. The van der Waals surface area contributed by atoms with Crippen molar-refractivity contribution in [2.75, 3.05) is 0 Å². The summed E-state index contributed by atoms with van der Waals surface area (Å²) in [6.45, 7) is 15.9. The van der Waals surface area contributed by atoms with Gasteiger partial charge in [-0.15, -0.1) is 0 Å². The minimum atomic E-state index is 1.24. The molecule has 0 fully saturated rings. The monoisotopic (exact) mass is 1360 g/mol. The Bertz CT molecular complexity index is 3400. The molecule has 0 amide bonds. The number of fused-ring (bicyclic) bond motifs is 7. The van der Waals surface area contributed by atoms with Gasteiger partial charge < -0.3 is 0 Å². The molecule has 7 aliphatic carbocycles. The lowest BCUT2D eigenvalue weighted by Gasteiger charge is -2.19. The minimum absolute atomic E-state index is 1.24. The van der Waals surface area contributed by atoms with E-state index in [4.69, 9.17) is 0 Å². The average molecular weight is 1360 g/mol. The first kappa shape index (κ1) is 81.2. The summed E-state index contributed by atoms with van der Waals surface area (Å²) in [6.07, 6.45) is 70.5. The normalized spacial score (nSPS) is 13.5. The predicted octanol–water partition coefficient (Wildman–Crippen LogP) is 28.5. The van der Waals surface area contributed by atoms with E-state index >= 15 is 0 Å². The molecule has 0 aromatic heterocycles. The van der Waals surface area contributed by atoms with Gasteiger partial charge in [0.15, 0.2) is 0 Å². The molecule has 0 heterocycles. The molecule has 0 saturated carbocycles. The Morgan fingerprint density at radius 1 is 0.139 bits per heavy atom. The number of hydrogen-bond acceptors (Lipinski definition) is 0. The van der Waals surface area contributed by atoms with Gasteiger partial charge in [0.1, 0.15) is 0 Å². The van der Waals surface area contributed by atoms with Crippen LogP contribution in [-0.4, -0.2) is 0 Å². The van der Waals surface area contributed by atoms with Crippen molar-refractivity contribution in [1.29, 1.82) is 0 Å². The molecule has 550 valence electrons. The molecule has 0 unspecified atom stereocenters. The van der Waals surface area contributed by atoms with Crippen molar-refractivity contribution in [2.45, 2.75) is 382 Å². The summed E-state index contributed by atoms with van der Waals surface area (Å²) in [5.74, 6) is 0. The predicted molar refractivity (Wildman–Crippen MR) is 446 cm³/mol. The zero-order chi connectivity index (χ0) is 70.7. The zero-order valence-electron chi connectivity index (χ0n) is 66.4. The molecule has 7 aliphatic rings. The van der Waals surface area contributed by atoms with E-state index < -0.39 is 0 Å². The minimum Gasteiger partial charge on any atom is -0.0654 e. The quantitative estimate of drug-likeness (QED) is 0.0339. The van der Waals surface area contributed by atoms with E-state index in [2.05, 4.69) is 176 Å². The Hall–Kier alpha value is -5.46. The van der Waals surface area contributed by atoms with Crippen molar-refractivity contribution >= 4 is 0 Å². The highest BCUT2D eigenvalue weighted by Crippen LogP contribution is 2.31. The number of rotatable bonds is 38. The van der Waals surface area contributed by atoms with Crippen molar-refractivity contribution in [1.82, 2.24) is 0 Å². The van der Waals surface area contributed by atoms with Crippen LogP contribution in [-0.2, 0) is 135 Å². The van der Waals surface area contributed by atoms with Gasteiger partial charge in [-0.25, -0.2) is 0 Å². The van der Waals surface area contributed by atoms with Crippen LogP contribution >= 0.6 is 0 Å². The van der Waals surface area contributed by atoms with Crippen molar-refractivity contribution in [3.8, 4) is 0 Å². The molecular formula is C101H146.